The summed E-state index contributed by atoms with van der Waals surface area (Å²) >= 11 is 3.17. The lowest BCUT2D eigenvalue weighted by molar-refractivity contribution is -0.144. The van der Waals surface area contributed by atoms with Crippen LogP contribution in [0.25, 0.3) is 11.7 Å². The molecule has 3 heterocycles. The summed E-state index contributed by atoms with van der Waals surface area (Å²) in [6.07, 6.45) is 3.36. The highest BCUT2D eigenvalue weighted by Crippen LogP contribution is 2.29. The van der Waals surface area contributed by atoms with Gasteiger partial charge in [-0.2, -0.15) is 0 Å². The summed E-state index contributed by atoms with van der Waals surface area (Å²) in [4.78, 5) is 38.7. The number of urea groups is 1. The van der Waals surface area contributed by atoms with E-state index in [0.717, 1.165) is 35.5 Å². The molecule has 0 atom stereocenters. The normalized spacial score (nSPS) is 18.8. The number of imide groups is 2. The first-order valence-corrected chi connectivity index (χ1v) is 8.61. The third-order valence-corrected chi connectivity index (χ3v) is 4.74. The molecule has 25 heavy (non-hydrogen) atoms. The number of furan rings is 1. The zero-order chi connectivity index (χ0) is 17.6. The van der Waals surface area contributed by atoms with Crippen LogP contribution in [0.2, 0.25) is 0 Å². The van der Waals surface area contributed by atoms with Crippen LogP contribution in [0.4, 0.5) is 4.79 Å². The topological polar surface area (TPSA) is 110 Å². The molecule has 2 fully saturated rings. The molecule has 0 radical (unpaired) electrons. The van der Waals surface area contributed by atoms with Gasteiger partial charge in [-0.15, -0.1) is 10.2 Å². The number of rotatable bonds is 4. The summed E-state index contributed by atoms with van der Waals surface area (Å²) in [7, 11) is 0. The molecule has 2 aromatic rings. The second kappa shape index (κ2) is 6.10. The van der Waals surface area contributed by atoms with Crippen LogP contribution in [0.1, 0.15) is 31.6 Å². The molecule has 0 aromatic carbocycles. The minimum atomic E-state index is -0.864. The average molecular weight is 409 g/mol. The molecule has 0 N–H and O–H groups in total. The third-order valence-electron chi connectivity index (χ3n) is 4.32. The molecule has 10 heteroatoms. The quantitative estimate of drug-likeness (QED) is 0.563. The molecule has 0 bridgehead atoms. The Morgan fingerprint density at radius 2 is 1.84 bits per heavy atom. The molecule has 9 nitrogen and oxygen atoms in total. The average Bonchev–Trinajstić information content (AvgIpc) is 3.35. The molecule has 0 spiro atoms. The highest BCUT2D eigenvalue weighted by molar-refractivity contribution is 9.10. The van der Waals surface area contributed by atoms with E-state index in [1.165, 1.54) is 0 Å². The van der Waals surface area contributed by atoms with Gasteiger partial charge < -0.3 is 8.83 Å². The fraction of sp³-hybridized carbons (Fsp3) is 0.400. The third kappa shape index (κ3) is 2.76. The molecule has 4 amide bonds. The van der Waals surface area contributed by atoms with Gasteiger partial charge in [0.05, 0.1) is 0 Å². The first-order chi connectivity index (χ1) is 12.0. The monoisotopic (exact) mass is 408 g/mol. The van der Waals surface area contributed by atoms with Gasteiger partial charge in [-0.25, -0.2) is 9.69 Å². The number of nitrogens with zero attached hydrogens (tertiary/aromatic N) is 4. The van der Waals surface area contributed by atoms with Crippen molar-refractivity contribution in [1.82, 2.24) is 20.0 Å². The molecule has 4 rings (SSSR count). The first kappa shape index (κ1) is 16.0. The highest BCUT2D eigenvalue weighted by Gasteiger charge is 2.48. The minimum absolute atomic E-state index is 0.0466. The van der Waals surface area contributed by atoms with E-state index >= 15 is 0 Å². The van der Waals surface area contributed by atoms with Crippen LogP contribution in [-0.4, -0.2) is 43.9 Å². The van der Waals surface area contributed by atoms with Gasteiger partial charge in [0.2, 0.25) is 5.89 Å². The van der Waals surface area contributed by atoms with Crippen molar-refractivity contribution in [1.29, 1.82) is 0 Å². The fourth-order valence-corrected chi connectivity index (χ4v) is 3.43. The predicted octanol–water partition coefficient (Wildman–Crippen LogP) is 2.33. The SMILES string of the molecule is O=C1C(=O)N(C2CCCC2)C(=O)N1Cc1nnc(-c2ccc(Br)o2)o1. The lowest BCUT2D eigenvalue weighted by Crippen LogP contribution is -2.39. The largest absolute Gasteiger partial charge is 0.444 e. The summed E-state index contributed by atoms with van der Waals surface area (Å²) in [5, 5.41) is 7.64. The molecule has 2 aromatic heterocycles. The summed E-state index contributed by atoms with van der Waals surface area (Å²) in [6.45, 7) is -0.249. The van der Waals surface area contributed by atoms with Gasteiger partial charge in [0.25, 0.3) is 5.89 Å². The maximum atomic E-state index is 12.5. The predicted molar refractivity (Wildman–Crippen MR) is 84.7 cm³/mol. The molecule has 1 saturated carbocycles. The summed E-state index contributed by atoms with van der Waals surface area (Å²) in [5.74, 6) is -1.12. The Hall–Kier alpha value is -2.49. The molecule has 1 aliphatic heterocycles. The minimum Gasteiger partial charge on any atom is -0.444 e. The molecule has 1 aliphatic carbocycles. The van der Waals surface area contributed by atoms with Crippen molar-refractivity contribution in [2.24, 2.45) is 0 Å². The van der Waals surface area contributed by atoms with E-state index in [1.807, 2.05) is 0 Å². The van der Waals surface area contributed by atoms with Crippen LogP contribution in [0, 0.1) is 0 Å². The lowest BCUT2D eigenvalue weighted by atomic mass is 10.2. The Morgan fingerprint density at radius 3 is 2.52 bits per heavy atom. The highest BCUT2D eigenvalue weighted by atomic mass is 79.9. The number of carbonyl (C=O) groups excluding carboxylic acids is 3. The van der Waals surface area contributed by atoms with Crippen LogP contribution in [0.3, 0.4) is 0 Å². The van der Waals surface area contributed by atoms with Gasteiger partial charge >= 0.3 is 17.8 Å². The fourth-order valence-electron chi connectivity index (χ4n) is 3.13. The Morgan fingerprint density at radius 1 is 1.08 bits per heavy atom. The van der Waals surface area contributed by atoms with E-state index in [-0.39, 0.29) is 24.4 Å². The molecule has 0 unspecified atom stereocenters. The Kier molecular flexibility index (Phi) is 3.91. The van der Waals surface area contributed by atoms with Crippen LogP contribution in [-0.2, 0) is 16.1 Å². The number of aromatic nitrogens is 2. The number of carbonyl (C=O) groups is 3. The second-order valence-corrected chi connectivity index (χ2v) is 6.67. The van der Waals surface area contributed by atoms with Gasteiger partial charge in [-0.1, -0.05) is 12.8 Å². The van der Waals surface area contributed by atoms with Gasteiger partial charge in [0.15, 0.2) is 10.4 Å². The maximum absolute atomic E-state index is 12.5. The molecule has 2 aliphatic rings. The van der Waals surface area contributed by atoms with Crippen molar-refractivity contribution in [2.45, 2.75) is 38.3 Å². The van der Waals surface area contributed by atoms with E-state index in [0.29, 0.717) is 10.4 Å². The maximum Gasteiger partial charge on any atom is 0.334 e. The van der Waals surface area contributed by atoms with Crippen molar-refractivity contribution in [3.05, 3.63) is 22.7 Å². The van der Waals surface area contributed by atoms with Gasteiger partial charge in [-0.3, -0.25) is 14.5 Å². The van der Waals surface area contributed by atoms with Crippen molar-refractivity contribution in [3.63, 3.8) is 0 Å². The lowest BCUT2D eigenvalue weighted by Gasteiger charge is -2.20. The molecular weight excluding hydrogens is 396 g/mol. The molecule has 130 valence electrons. The molecular formula is C15H13BrN4O5. The summed E-state index contributed by atoms with van der Waals surface area (Å²) in [6, 6.07) is 2.49. The zero-order valence-corrected chi connectivity index (χ0v) is 14.6. The molecule has 1 saturated heterocycles. The van der Waals surface area contributed by atoms with Gasteiger partial charge in [-0.05, 0) is 40.9 Å². The standard InChI is InChI=1S/C15H13BrN4O5/c16-10-6-5-9(24-10)12-18-17-11(25-12)7-19-13(21)14(22)20(15(19)23)8-3-1-2-4-8/h5-6,8H,1-4,7H2. The zero-order valence-electron chi connectivity index (χ0n) is 13.0. The number of halogens is 1. The van der Waals surface area contributed by atoms with E-state index in [9.17, 15) is 14.4 Å². The summed E-state index contributed by atoms with van der Waals surface area (Å²) in [5.41, 5.74) is 0. The van der Waals surface area contributed by atoms with E-state index in [2.05, 4.69) is 26.1 Å². The van der Waals surface area contributed by atoms with Crippen LogP contribution >= 0.6 is 15.9 Å². The Balaban J connectivity index is 1.52. The van der Waals surface area contributed by atoms with Gasteiger partial charge in [0.1, 0.15) is 6.54 Å². The van der Waals surface area contributed by atoms with E-state index in [1.54, 1.807) is 12.1 Å². The van der Waals surface area contributed by atoms with Crippen LogP contribution in [0.5, 0.6) is 0 Å². The number of amides is 4. The first-order valence-electron chi connectivity index (χ1n) is 7.81. The summed E-state index contributed by atoms with van der Waals surface area (Å²) < 4.78 is 11.2. The smallest absolute Gasteiger partial charge is 0.334 e. The van der Waals surface area contributed by atoms with Crippen molar-refractivity contribution in [2.75, 3.05) is 0 Å². The second-order valence-electron chi connectivity index (χ2n) is 5.89. The van der Waals surface area contributed by atoms with E-state index in [4.69, 9.17) is 8.83 Å². The van der Waals surface area contributed by atoms with Crippen molar-refractivity contribution in [3.8, 4) is 11.7 Å². The van der Waals surface area contributed by atoms with Gasteiger partial charge in [0, 0.05) is 6.04 Å². The Bertz CT molecular complexity index is 854. The number of hydrogen-bond acceptors (Lipinski definition) is 7. The van der Waals surface area contributed by atoms with Crippen molar-refractivity contribution < 1.29 is 23.2 Å². The number of hydrogen-bond donors (Lipinski definition) is 0. The Labute approximate surface area is 150 Å². The van der Waals surface area contributed by atoms with Crippen molar-refractivity contribution >= 4 is 33.8 Å². The van der Waals surface area contributed by atoms with Crippen LogP contribution in [0.15, 0.2) is 25.6 Å². The van der Waals surface area contributed by atoms with Crippen LogP contribution < -0.4 is 0 Å². The van der Waals surface area contributed by atoms with E-state index < -0.39 is 17.8 Å².